The lowest BCUT2D eigenvalue weighted by Crippen LogP contribution is -2.49. The number of amides is 2. The van der Waals surface area contributed by atoms with Crippen LogP contribution in [0.1, 0.15) is 25.3 Å². The number of halogens is 1. The third kappa shape index (κ3) is 3.47. The predicted octanol–water partition coefficient (Wildman–Crippen LogP) is 3.37. The van der Waals surface area contributed by atoms with Crippen molar-refractivity contribution in [1.82, 2.24) is 4.90 Å². The van der Waals surface area contributed by atoms with Crippen LogP contribution in [0, 0.1) is 12.3 Å². The Labute approximate surface area is 128 Å². The van der Waals surface area contributed by atoms with Gasteiger partial charge in [-0.3, -0.25) is 4.79 Å². The summed E-state index contributed by atoms with van der Waals surface area (Å²) in [4.78, 5) is 25.2. The summed E-state index contributed by atoms with van der Waals surface area (Å²) in [5.74, 6) is -0.862. The molecule has 0 saturated carbocycles. The van der Waals surface area contributed by atoms with Gasteiger partial charge in [-0.1, -0.05) is 17.7 Å². The number of benzene rings is 1. The van der Waals surface area contributed by atoms with Crippen LogP contribution in [0.5, 0.6) is 0 Å². The van der Waals surface area contributed by atoms with Crippen LogP contribution in [-0.2, 0) is 4.79 Å². The van der Waals surface area contributed by atoms with E-state index in [0.717, 1.165) is 5.56 Å². The summed E-state index contributed by atoms with van der Waals surface area (Å²) in [6, 6.07) is 4.99. The zero-order valence-electron chi connectivity index (χ0n) is 12.1. The Balaban J connectivity index is 2.10. The Morgan fingerprint density at radius 3 is 2.81 bits per heavy atom. The molecule has 1 aromatic rings. The smallest absolute Gasteiger partial charge is 0.321 e. The number of rotatable bonds is 2. The van der Waals surface area contributed by atoms with E-state index in [2.05, 4.69) is 5.32 Å². The van der Waals surface area contributed by atoms with Gasteiger partial charge in [0, 0.05) is 23.8 Å². The molecule has 1 atom stereocenters. The number of urea groups is 1. The zero-order chi connectivity index (χ0) is 15.6. The Bertz CT molecular complexity index is 576. The van der Waals surface area contributed by atoms with E-state index in [9.17, 15) is 14.7 Å². The summed E-state index contributed by atoms with van der Waals surface area (Å²) in [6.45, 7) is 4.34. The standard InChI is InChI=1S/C15H19ClN2O3/c1-10-4-5-11(16)8-12(10)17-14(21)18-7-3-6-15(2,9-18)13(19)20/h4-5,8H,3,6-7,9H2,1-2H3,(H,17,21)(H,19,20). The third-order valence-corrected chi connectivity index (χ3v) is 4.18. The van der Waals surface area contributed by atoms with Gasteiger partial charge >= 0.3 is 12.0 Å². The molecule has 1 heterocycles. The minimum atomic E-state index is -0.876. The molecule has 1 aliphatic rings. The summed E-state index contributed by atoms with van der Waals surface area (Å²) in [5.41, 5.74) is 0.680. The first kappa shape index (κ1) is 15.6. The van der Waals surface area contributed by atoms with Crippen molar-refractivity contribution in [3.05, 3.63) is 28.8 Å². The Kier molecular flexibility index (Phi) is 4.42. The van der Waals surface area contributed by atoms with Gasteiger partial charge < -0.3 is 15.3 Å². The van der Waals surface area contributed by atoms with E-state index < -0.39 is 11.4 Å². The van der Waals surface area contributed by atoms with Gasteiger partial charge in [0.05, 0.1) is 5.41 Å². The average molecular weight is 311 g/mol. The highest BCUT2D eigenvalue weighted by Gasteiger charge is 2.39. The molecule has 2 N–H and O–H groups in total. The van der Waals surface area contributed by atoms with Crippen molar-refractivity contribution in [1.29, 1.82) is 0 Å². The van der Waals surface area contributed by atoms with Crippen molar-refractivity contribution in [3.8, 4) is 0 Å². The first-order valence-electron chi connectivity index (χ1n) is 6.87. The second-order valence-corrected chi connectivity index (χ2v) is 6.22. The maximum absolute atomic E-state index is 12.3. The van der Waals surface area contributed by atoms with Crippen LogP contribution in [0.2, 0.25) is 5.02 Å². The van der Waals surface area contributed by atoms with E-state index in [0.29, 0.717) is 30.1 Å². The van der Waals surface area contributed by atoms with E-state index in [1.807, 2.05) is 13.0 Å². The lowest BCUT2D eigenvalue weighted by Gasteiger charge is -2.37. The zero-order valence-corrected chi connectivity index (χ0v) is 12.9. The molecule has 5 nitrogen and oxygen atoms in total. The lowest BCUT2D eigenvalue weighted by molar-refractivity contribution is -0.150. The predicted molar refractivity (Wildman–Crippen MR) is 81.8 cm³/mol. The molecule has 114 valence electrons. The number of nitrogens with one attached hydrogen (secondary N) is 1. The molecule has 1 saturated heterocycles. The van der Waals surface area contributed by atoms with Gasteiger partial charge in [-0.15, -0.1) is 0 Å². The molecule has 0 aliphatic carbocycles. The van der Waals surface area contributed by atoms with Crippen molar-refractivity contribution in [2.75, 3.05) is 18.4 Å². The van der Waals surface area contributed by atoms with E-state index in [1.165, 1.54) is 0 Å². The van der Waals surface area contributed by atoms with Gasteiger partial charge in [0.25, 0.3) is 0 Å². The van der Waals surface area contributed by atoms with E-state index >= 15 is 0 Å². The van der Waals surface area contributed by atoms with Gasteiger partial charge in [0.1, 0.15) is 0 Å². The van der Waals surface area contributed by atoms with Crippen LogP contribution in [0.3, 0.4) is 0 Å². The van der Waals surface area contributed by atoms with Crippen LogP contribution in [0.4, 0.5) is 10.5 Å². The number of hydrogen-bond donors (Lipinski definition) is 2. The Morgan fingerprint density at radius 2 is 2.14 bits per heavy atom. The summed E-state index contributed by atoms with van der Waals surface area (Å²) in [6.07, 6.45) is 1.27. The minimum absolute atomic E-state index is 0.216. The molecule has 0 radical (unpaired) electrons. The maximum atomic E-state index is 12.3. The Hall–Kier alpha value is -1.75. The number of carbonyl (C=O) groups excluding carboxylic acids is 1. The first-order valence-corrected chi connectivity index (χ1v) is 7.25. The largest absolute Gasteiger partial charge is 0.481 e. The Morgan fingerprint density at radius 1 is 1.43 bits per heavy atom. The summed E-state index contributed by atoms with van der Waals surface area (Å²) in [5, 5.41) is 12.6. The molecular weight excluding hydrogens is 292 g/mol. The van der Waals surface area contributed by atoms with Crippen LogP contribution in [0.15, 0.2) is 18.2 Å². The topological polar surface area (TPSA) is 69.6 Å². The van der Waals surface area contributed by atoms with Crippen LogP contribution in [-0.4, -0.2) is 35.1 Å². The van der Waals surface area contributed by atoms with Gasteiger partial charge in [0.2, 0.25) is 0 Å². The van der Waals surface area contributed by atoms with Gasteiger partial charge in [-0.25, -0.2) is 4.79 Å². The highest BCUT2D eigenvalue weighted by atomic mass is 35.5. The quantitative estimate of drug-likeness (QED) is 0.880. The number of aliphatic carboxylic acids is 1. The molecule has 1 fully saturated rings. The lowest BCUT2D eigenvalue weighted by atomic mass is 9.82. The second-order valence-electron chi connectivity index (χ2n) is 5.78. The summed E-state index contributed by atoms with van der Waals surface area (Å²) < 4.78 is 0. The number of hydrogen-bond acceptors (Lipinski definition) is 2. The normalized spacial score (nSPS) is 22.0. The fourth-order valence-electron chi connectivity index (χ4n) is 2.51. The van der Waals surface area contributed by atoms with Gasteiger partial charge in [0.15, 0.2) is 0 Å². The summed E-state index contributed by atoms with van der Waals surface area (Å²) in [7, 11) is 0. The van der Waals surface area contributed by atoms with Gasteiger partial charge in [-0.05, 0) is 44.4 Å². The molecule has 0 spiro atoms. The maximum Gasteiger partial charge on any atom is 0.321 e. The molecule has 1 aliphatic heterocycles. The van der Waals surface area contributed by atoms with Crippen molar-refractivity contribution >= 4 is 29.3 Å². The highest BCUT2D eigenvalue weighted by molar-refractivity contribution is 6.31. The second kappa shape index (κ2) is 5.93. The number of nitrogens with zero attached hydrogens (tertiary/aromatic N) is 1. The summed E-state index contributed by atoms with van der Waals surface area (Å²) >= 11 is 5.93. The SMILES string of the molecule is Cc1ccc(Cl)cc1NC(=O)N1CCCC(C)(C(=O)O)C1. The monoisotopic (exact) mass is 310 g/mol. The van der Waals surface area contributed by atoms with Gasteiger partial charge in [-0.2, -0.15) is 0 Å². The van der Waals surface area contributed by atoms with Crippen LogP contribution >= 0.6 is 11.6 Å². The number of likely N-dealkylation sites (tertiary alicyclic amines) is 1. The van der Waals surface area contributed by atoms with Crippen molar-refractivity contribution in [3.63, 3.8) is 0 Å². The number of carboxylic acids is 1. The molecule has 2 amide bonds. The molecule has 2 rings (SSSR count). The van der Waals surface area contributed by atoms with E-state index in [-0.39, 0.29) is 12.6 Å². The highest BCUT2D eigenvalue weighted by Crippen LogP contribution is 2.30. The van der Waals surface area contributed by atoms with E-state index in [1.54, 1.807) is 24.0 Å². The number of piperidine rings is 1. The number of carboxylic acid groups (broad SMARTS) is 1. The minimum Gasteiger partial charge on any atom is -0.481 e. The number of aryl methyl sites for hydroxylation is 1. The molecule has 1 aromatic carbocycles. The van der Waals surface area contributed by atoms with Crippen molar-refractivity contribution < 1.29 is 14.7 Å². The molecule has 21 heavy (non-hydrogen) atoms. The molecular formula is C15H19ClN2O3. The van der Waals surface area contributed by atoms with E-state index in [4.69, 9.17) is 11.6 Å². The fraction of sp³-hybridized carbons (Fsp3) is 0.467. The molecule has 1 unspecified atom stereocenters. The first-order chi connectivity index (χ1) is 9.82. The fourth-order valence-corrected chi connectivity index (χ4v) is 2.68. The van der Waals surface area contributed by atoms with Crippen molar-refractivity contribution in [2.45, 2.75) is 26.7 Å². The number of anilines is 1. The van der Waals surface area contributed by atoms with Crippen LogP contribution < -0.4 is 5.32 Å². The third-order valence-electron chi connectivity index (χ3n) is 3.94. The average Bonchev–Trinajstić information content (AvgIpc) is 2.42. The van der Waals surface area contributed by atoms with Crippen LogP contribution in [0.25, 0.3) is 0 Å². The molecule has 0 bridgehead atoms. The molecule has 6 heteroatoms. The van der Waals surface area contributed by atoms with Crippen molar-refractivity contribution in [2.24, 2.45) is 5.41 Å². The molecule has 0 aromatic heterocycles. The number of carbonyl (C=O) groups is 2.